The Balaban J connectivity index is 1.46. The van der Waals surface area contributed by atoms with Crippen molar-refractivity contribution in [1.29, 1.82) is 0 Å². The number of hydrogen-bond donors (Lipinski definition) is 0. The molecule has 6 heteroatoms. The van der Waals surface area contributed by atoms with Crippen molar-refractivity contribution in [3.8, 4) is 22.3 Å². The molecule has 4 aromatic carbocycles. The van der Waals surface area contributed by atoms with Crippen molar-refractivity contribution >= 4 is 45.8 Å². The second-order valence-corrected chi connectivity index (χ2v) is 58.7. The number of benzene rings is 4. The average molecular weight is 959 g/mol. The van der Waals surface area contributed by atoms with Crippen molar-refractivity contribution in [2.45, 2.75) is 127 Å². The van der Waals surface area contributed by atoms with Gasteiger partial charge in [-0.1, -0.05) is 0 Å². The summed E-state index contributed by atoms with van der Waals surface area (Å²) >= 11 is -5.46. The van der Waals surface area contributed by atoms with E-state index in [1.165, 1.54) is 77.9 Å². The van der Waals surface area contributed by atoms with E-state index >= 15 is 0 Å². The Morgan fingerprint density at radius 3 is 1.10 bits per heavy atom. The fourth-order valence-electron chi connectivity index (χ4n) is 10.3. The van der Waals surface area contributed by atoms with Gasteiger partial charge in [0.1, 0.15) is 0 Å². The van der Waals surface area contributed by atoms with Crippen molar-refractivity contribution < 1.29 is 23.8 Å². The van der Waals surface area contributed by atoms with Crippen LogP contribution in [0.3, 0.4) is 0 Å². The van der Waals surface area contributed by atoms with Gasteiger partial charge in [0.15, 0.2) is 0 Å². The number of hydrogen-bond acceptors (Lipinski definition) is 2. The summed E-state index contributed by atoms with van der Waals surface area (Å²) in [5, 5.41) is 0. The van der Waals surface area contributed by atoms with Crippen molar-refractivity contribution in [1.82, 2.24) is 0 Å². The van der Waals surface area contributed by atoms with E-state index in [0.29, 0.717) is 23.7 Å². The molecule has 322 valence electrons. The first-order valence-corrected chi connectivity index (χ1v) is 38.1. The molecule has 2 aliphatic carbocycles. The average Bonchev–Trinajstić information content (AvgIpc) is 4.02. The first-order valence-electron chi connectivity index (χ1n) is 22.7. The van der Waals surface area contributed by atoms with E-state index in [9.17, 15) is 0 Å². The molecule has 0 saturated carbocycles. The zero-order valence-electron chi connectivity index (χ0n) is 39.3. The monoisotopic (exact) mass is 956 g/mol. The van der Waals surface area contributed by atoms with E-state index in [1.807, 2.05) is 13.8 Å². The summed E-state index contributed by atoms with van der Waals surface area (Å²) < 4.78 is 12.8. The van der Waals surface area contributed by atoms with Crippen LogP contribution in [0.15, 0.2) is 93.8 Å². The molecule has 0 aliphatic heterocycles. The summed E-state index contributed by atoms with van der Waals surface area (Å²) in [6, 6.07) is 32.2. The molecule has 0 radical (unpaired) electrons. The first kappa shape index (κ1) is 45.2. The molecule has 2 aromatic heterocycles. The van der Waals surface area contributed by atoms with Gasteiger partial charge in [0.05, 0.1) is 0 Å². The molecule has 2 nitrogen and oxygen atoms in total. The van der Waals surface area contributed by atoms with Gasteiger partial charge in [-0.05, 0) is 0 Å². The SMILES string of the molecule is Cc1ccc(C2=Cc3c(ccc(C)c3-c3cc(C(C)C)cc(C(C)C)c3)[CH]2[Zr]([Cl])([Cl])([CH]2C(c3ccc(C)o3)=Cc3c2ccc(C)c3-c2cc(C(C)C)cc(C(C)C)c2)=[Si](C)C)o1. The minimum absolute atomic E-state index is 0.238. The summed E-state index contributed by atoms with van der Waals surface area (Å²) in [6.45, 7) is 31.7. The van der Waals surface area contributed by atoms with E-state index in [4.69, 9.17) is 25.9 Å². The summed E-state index contributed by atoms with van der Waals surface area (Å²) in [5.41, 5.74) is 18.6. The Kier molecular flexibility index (Phi) is 12.1. The number of aryl methyl sites for hydroxylation is 4. The summed E-state index contributed by atoms with van der Waals surface area (Å²) in [4.78, 5) is 0. The molecule has 8 rings (SSSR count). The third-order valence-corrected chi connectivity index (χ3v) is 60.3. The maximum atomic E-state index is 9.10. The molecule has 62 heavy (non-hydrogen) atoms. The fraction of sp³-hybridized carbons (Fsp3) is 0.357. The standard InChI is InChI=1S/2C27H29O.C2H6Si.2ClH.Zr/c2*1-16(2)21-12-22(17(3)4)14-24(13-21)27-18(5)7-9-20-11-23(15-25(20)27)26-10-8-19(6)28-26;1-3-2;;;/h2*7-17H,1-6H3;1-2H3;2*1H;/q;;;;;+2/p-2. The zero-order valence-corrected chi connectivity index (χ0v) is 44.2. The minimum atomic E-state index is -5.46. The Labute approximate surface area is 379 Å². The van der Waals surface area contributed by atoms with Gasteiger partial charge in [-0.25, -0.2) is 0 Å². The number of fused-ring (bicyclic) bond motifs is 2. The van der Waals surface area contributed by atoms with Crippen LogP contribution in [0.1, 0.15) is 165 Å². The van der Waals surface area contributed by atoms with Gasteiger partial charge in [-0.3, -0.25) is 0 Å². The van der Waals surface area contributed by atoms with Crippen LogP contribution in [-0.4, -0.2) is 5.43 Å². The number of allylic oxidation sites excluding steroid dienone is 2. The van der Waals surface area contributed by atoms with E-state index < -0.39 is 20.4 Å². The molecule has 0 N–H and O–H groups in total. The molecular weight excluding hydrogens is 895 g/mol. The predicted molar refractivity (Wildman–Crippen MR) is 267 cm³/mol. The van der Waals surface area contributed by atoms with Crippen LogP contribution in [0.2, 0.25) is 13.1 Å². The fourth-order valence-corrected chi connectivity index (χ4v) is 38.0. The summed E-state index contributed by atoms with van der Waals surface area (Å²) in [7, 11) is 18.2. The molecule has 6 aromatic rings. The molecule has 0 saturated heterocycles. The van der Waals surface area contributed by atoms with E-state index in [0.717, 1.165) is 34.2 Å². The second kappa shape index (κ2) is 16.5. The van der Waals surface area contributed by atoms with Gasteiger partial charge < -0.3 is 0 Å². The van der Waals surface area contributed by atoms with Crippen molar-refractivity contribution in [3.63, 3.8) is 0 Å². The quantitative estimate of drug-likeness (QED) is 0.128. The van der Waals surface area contributed by atoms with Crippen LogP contribution in [-0.2, 0) is 15.0 Å². The molecule has 0 amide bonds. The van der Waals surface area contributed by atoms with Crippen LogP contribution in [0.25, 0.3) is 45.6 Å². The molecular formula is C56H64Cl2O2SiZr. The van der Waals surface area contributed by atoms with Crippen molar-refractivity contribution in [2.75, 3.05) is 0 Å². The van der Waals surface area contributed by atoms with Crippen LogP contribution in [0.5, 0.6) is 0 Å². The van der Waals surface area contributed by atoms with Crippen LogP contribution in [0, 0.1) is 27.7 Å². The Hall–Kier alpha value is -3.40. The molecule has 2 unspecified atom stereocenters. The van der Waals surface area contributed by atoms with Gasteiger partial charge in [-0.2, -0.15) is 0 Å². The molecule has 2 atom stereocenters. The zero-order chi connectivity index (χ0) is 44.8. The van der Waals surface area contributed by atoms with Crippen LogP contribution in [0.4, 0.5) is 0 Å². The van der Waals surface area contributed by atoms with E-state index in [-0.39, 0.29) is 7.25 Å². The van der Waals surface area contributed by atoms with Gasteiger partial charge in [0.2, 0.25) is 0 Å². The predicted octanol–water partition coefficient (Wildman–Crippen LogP) is 18.1. The molecule has 0 fully saturated rings. The van der Waals surface area contributed by atoms with Crippen LogP contribution >= 0.6 is 17.0 Å². The first-order chi connectivity index (χ1) is 29.2. The maximum absolute atomic E-state index is 9.10. The third-order valence-electron chi connectivity index (χ3n) is 14.1. The van der Waals surface area contributed by atoms with Gasteiger partial charge in [-0.15, -0.1) is 0 Å². The topological polar surface area (TPSA) is 26.3 Å². The van der Waals surface area contributed by atoms with Gasteiger partial charge in [0.25, 0.3) is 0 Å². The molecule has 2 aliphatic rings. The number of rotatable bonds is 10. The van der Waals surface area contributed by atoms with Gasteiger partial charge >= 0.3 is 383 Å². The normalized spacial score (nSPS) is 16.5. The summed E-state index contributed by atoms with van der Waals surface area (Å²) in [5.74, 6) is 5.04. The van der Waals surface area contributed by atoms with Crippen molar-refractivity contribution in [3.05, 3.63) is 164 Å². The van der Waals surface area contributed by atoms with Crippen LogP contribution < -0.4 is 0 Å². The number of halogens is 2. The molecule has 2 heterocycles. The van der Waals surface area contributed by atoms with Gasteiger partial charge in [0, 0.05) is 0 Å². The third kappa shape index (κ3) is 7.51. The Morgan fingerprint density at radius 2 is 0.823 bits per heavy atom. The Morgan fingerprint density at radius 1 is 0.484 bits per heavy atom. The summed E-state index contributed by atoms with van der Waals surface area (Å²) in [6.07, 6.45) is 4.81. The van der Waals surface area contributed by atoms with E-state index in [2.05, 4.69) is 179 Å². The van der Waals surface area contributed by atoms with Crippen molar-refractivity contribution in [2.24, 2.45) is 0 Å². The molecule has 0 bridgehead atoms. The Bertz CT molecular complexity index is 2660. The van der Waals surface area contributed by atoms with E-state index in [1.54, 1.807) is 0 Å². The number of furan rings is 2. The second-order valence-electron chi connectivity index (χ2n) is 20.0. The molecule has 0 spiro atoms.